The molecule has 0 aliphatic carbocycles. The predicted octanol–water partition coefficient (Wildman–Crippen LogP) is 1.18. The molecule has 0 aromatic heterocycles. The molecular weight excluding hydrogens is 238 g/mol. The normalized spacial score (nSPS) is 7.94. The van der Waals surface area contributed by atoms with Crippen LogP contribution in [0.3, 0.4) is 0 Å². The van der Waals surface area contributed by atoms with Crippen molar-refractivity contribution in [1.29, 1.82) is 0 Å². The SMILES string of the molecule is C=C(C)C(=O)OC.C=C(C)C(=O)OCCN=C=O. The van der Waals surface area contributed by atoms with Crippen molar-refractivity contribution >= 4 is 18.0 Å². The number of esters is 2. The fourth-order valence-corrected chi connectivity index (χ4v) is 0.527. The molecule has 0 heterocycles. The summed E-state index contributed by atoms with van der Waals surface area (Å²) in [7, 11) is 1.33. The lowest BCUT2D eigenvalue weighted by atomic mass is 10.4. The van der Waals surface area contributed by atoms with Crippen LogP contribution in [0.2, 0.25) is 0 Å². The molecule has 0 fully saturated rings. The molecule has 0 atom stereocenters. The zero-order valence-electron chi connectivity index (χ0n) is 10.8. The van der Waals surface area contributed by atoms with Gasteiger partial charge in [0.05, 0.1) is 13.7 Å². The second-order valence-corrected chi connectivity index (χ2v) is 3.16. The minimum atomic E-state index is -0.467. The van der Waals surface area contributed by atoms with Gasteiger partial charge in [0.25, 0.3) is 0 Å². The van der Waals surface area contributed by atoms with Gasteiger partial charge in [0.2, 0.25) is 6.08 Å². The first kappa shape index (κ1) is 18.2. The summed E-state index contributed by atoms with van der Waals surface area (Å²) in [6, 6.07) is 0. The third kappa shape index (κ3) is 11.9. The fraction of sp³-hybridized carbons (Fsp3) is 0.417. The molecular formula is C12H17NO5. The second kappa shape index (κ2) is 11.3. The van der Waals surface area contributed by atoms with Crippen molar-refractivity contribution in [1.82, 2.24) is 0 Å². The monoisotopic (exact) mass is 255 g/mol. The van der Waals surface area contributed by atoms with E-state index >= 15 is 0 Å². The summed E-state index contributed by atoms with van der Waals surface area (Å²) in [5.41, 5.74) is 0.766. The highest BCUT2D eigenvalue weighted by Crippen LogP contribution is 1.90. The van der Waals surface area contributed by atoms with Gasteiger partial charge in [-0.05, 0) is 13.8 Å². The van der Waals surface area contributed by atoms with Crippen molar-refractivity contribution < 1.29 is 23.9 Å². The molecule has 0 aromatic rings. The van der Waals surface area contributed by atoms with Crippen LogP contribution in [0.5, 0.6) is 0 Å². The number of hydrogen-bond donors (Lipinski definition) is 0. The highest BCUT2D eigenvalue weighted by molar-refractivity contribution is 5.87. The van der Waals surface area contributed by atoms with E-state index in [0.29, 0.717) is 11.1 Å². The minimum Gasteiger partial charge on any atom is -0.466 e. The average molecular weight is 255 g/mol. The summed E-state index contributed by atoms with van der Waals surface area (Å²) in [4.78, 5) is 33.6. The van der Waals surface area contributed by atoms with E-state index in [1.165, 1.54) is 13.2 Å². The Hall–Kier alpha value is -2.20. The summed E-state index contributed by atoms with van der Waals surface area (Å²) in [5.74, 6) is -0.814. The summed E-state index contributed by atoms with van der Waals surface area (Å²) in [5, 5.41) is 0. The molecule has 0 bridgehead atoms. The van der Waals surface area contributed by atoms with Crippen molar-refractivity contribution in [2.45, 2.75) is 13.8 Å². The van der Waals surface area contributed by atoms with Gasteiger partial charge in [0.1, 0.15) is 6.61 Å². The van der Waals surface area contributed by atoms with Gasteiger partial charge in [0.15, 0.2) is 0 Å². The van der Waals surface area contributed by atoms with Crippen LogP contribution in [-0.4, -0.2) is 38.3 Å². The third-order valence-electron chi connectivity index (χ3n) is 1.38. The van der Waals surface area contributed by atoms with Gasteiger partial charge < -0.3 is 9.47 Å². The Balaban J connectivity index is 0. The zero-order valence-corrected chi connectivity index (χ0v) is 10.8. The first-order chi connectivity index (χ1) is 8.36. The number of carbonyl (C=O) groups excluding carboxylic acids is 3. The van der Waals surface area contributed by atoms with E-state index < -0.39 is 5.97 Å². The number of methoxy groups -OCH3 is 1. The third-order valence-corrected chi connectivity index (χ3v) is 1.38. The average Bonchev–Trinajstić information content (AvgIpc) is 2.33. The van der Waals surface area contributed by atoms with Crippen LogP contribution in [0.15, 0.2) is 29.3 Å². The molecule has 6 nitrogen and oxygen atoms in total. The molecule has 0 N–H and O–H groups in total. The molecule has 0 aliphatic heterocycles. The van der Waals surface area contributed by atoms with E-state index in [1.807, 2.05) is 0 Å². The van der Waals surface area contributed by atoms with Crippen LogP contribution in [0.25, 0.3) is 0 Å². The van der Waals surface area contributed by atoms with Crippen molar-refractivity contribution in [3.8, 4) is 0 Å². The lowest BCUT2D eigenvalue weighted by Crippen LogP contribution is -2.07. The van der Waals surface area contributed by atoms with Gasteiger partial charge in [-0.2, -0.15) is 0 Å². The maximum atomic E-state index is 10.6. The van der Waals surface area contributed by atoms with Crippen LogP contribution in [0, 0.1) is 0 Å². The van der Waals surface area contributed by atoms with Crippen molar-refractivity contribution in [2.24, 2.45) is 4.99 Å². The van der Waals surface area contributed by atoms with Crippen LogP contribution in [0.1, 0.15) is 13.8 Å². The molecule has 0 amide bonds. The molecule has 0 aromatic carbocycles. The summed E-state index contributed by atoms with van der Waals surface area (Å²) < 4.78 is 8.87. The first-order valence-electron chi connectivity index (χ1n) is 4.96. The van der Waals surface area contributed by atoms with Gasteiger partial charge >= 0.3 is 11.9 Å². The molecule has 0 saturated carbocycles. The number of aliphatic imine (C=N–C) groups is 1. The van der Waals surface area contributed by atoms with E-state index in [0.717, 1.165) is 0 Å². The Morgan fingerprint density at radius 2 is 1.67 bits per heavy atom. The molecule has 0 unspecified atom stereocenters. The van der Waals surface area contributed by atoms with Crippen LogP contribution >= 0.6 is 0 Å². The standard InChI is InChI=1S/C7H9NO3.C5H8O2/c1-6(2)7(10)11-4-3-8-5-9;1-4(2)5(6)7-3/h1,3-4H2,2H3;1H2,2-3H3. The summed E-state index contributed by atoms with van der Waals surface area (Å²) in [6.45, 7) is 10.1. The number of nitrogens with zero attached hydrogens (tertiary/aromatic N) is 1. The number of ether oxygens (including phenoxy) is 2. The van der Waals surface area contributed by atoms with Gasteiger partial charge in [-0.1, -0.05) is 13.2 Å². The lowest BCUT2D eigenvalue weighted by molar-refractivity contribution is -0.138. The second-order valence-electron chi connectivity index (χ2n) is 3.16. The van der Waals surface area contributed by atoms with Crippen molar-refractivity contribution in [2.75, 3.05) is 20.3 Å². The number of hydrogen-bond acceptors (Lipinski definition) is 6. The van der Waals surface area contributed by atoms with Gasteiger partial charge in [-0.3, -0.25) is 0 Å². The van der Waals surface area contributed by atoms with E-state index in [4.69, 9.17) is 0 Å². The zero-order chi connectivity index (χ0) is 14.6. The maximum absolute atomic E-state index is 10.6. The summed E-state index contributed by atoms with van der Waals surface area (Å²) in [6.07, 6.45) is 1.33. The molecule has 18 heavy (non-hydrogen) atoms. The van der Waals surface area contributed by atoms with E-state index in [2.05, 4.69) is 27.6 Å². The predicted molar refractivity (Wildman–Crippen MR) is 65.6 cm³/mol. The molecule has 0 spiro atoms. The Morgan fingerprint density at radius 3 is 1.94 bits per heavy atom. The fourth-order valence-electron chi connectivity index (χ4n) is 0.527. The highest BCUT2D eigenvalue weighted by atomic mass is 16.5. The minimum absolute atomic E-state index is 0.0981. The molecule has 0 aliphatic rings. The van der Waals surface area contributed by atoms with Crippen LogP contribution < -0.4 is 0 Å². The largest absolute Gasteiger partial charge is 0.466 e. The first-order valence-corrected chi connectivity index (χ1v) is 4.96. The number of rotatable bonds is 5. The molecule has 100 valence electrons. The Labute approximate surface area is 106 Å². The summed E-state index contributed by atoms with van der Waals surface area (Å²) >= 11 is 0. The highest BCUT2D eigenvalue weighted by Gasteiger charge is 2.00. The lowest BCUT2D eigenvalue weighted by Gasteiger charge is -1.99. The van der Waals surface area contributed by atoms with E-state index in [9.17, 15) is 14.4 Å². The number of isocyanates is 1. The van der Waals surface area contributed by atoms with Gasteiger partial charge in [-0.25, -0.2) is 19.4 Å². The maximum Gasteiger partial charge on any atom is 0.333 e. The topological polar surface area (TPSA) is 82.0 Å². The Bertz CT molecular complexity index is 367. The van der Waals surface area contributed by atoms with E-state index in [-0.39, 0.29) is 19.1 Å². The smallest absolute Gasteiger partial charge is 0.333 e. The molecule has 0 saturated heterocycles. The molecule has 6 heteroatoms. The van der Waals surface area contributed by atoms with Crippen LogP contribution in [-0.2, 0) is 23.9 Å². The van der Waals surface area contributed by atoms with Crippen LogP contribution in [0.4, 0.5) is 0 Å². The van der Waals surface area contributed by atoms with E-state index in [1.54, 1.807) is 13.8 Å². The quantitative estimate of drug-likeness (QED) is 0.242. The molecule has 0 radical (unpaired) electrons. The van der Waals surface area contributed by atoms with Gasteiger partial charge in [-0.15, -0.1) is 0 Å². The Morgan fingerprint density at radius 1 is 1.17 bits per heavy atom. The van der Waals surface area contributed by atoms with Crippen molar-refractivity contribution in [3.05, 3.63) is 24.3 Å². The van der Waals surface area contributed by atoms with Gasteiger partial charge in [0, 0.05) is 11.1 Å². The number of carbonyl (C=O) groups is 2. The molecule has 0 rings (SSSR count). The Kier molecular flexibility index (Phi) is 11.4. The van der Waals surface area contributed by atoms with Crippen molar-refractivity contribution in [3.63, 3.8) is 0 Å².